The highest BCUT2D eigenvalue weighted by Crippen LogP contribution is 2.23. The lowest BCUT2D eigenvalue weighted by atomic mass is 9.99. The number of nitrogens with one attached hydrogen (secondary N) is 1. The quantitative estimate of drug-likeness (QED) is 0.0261. The number of aliphatic hydroxyl groups is 5. The molecule has 7 atom stereocenters. The molecular formula is C57H109NO8. The van der Waals surface area contributed by atoms with Crippen LogP contribution in [-0.4, -0.2) is 87.5 Å². The predicted molar refractivity (Wildman–Crippen MR) is 277 cm³/mol. The summed E-state index contributed by atoms with van der Waals surface area (Å²) in [6.07, 6.45) is 52.4. The van der Waals surface area contributed by atoms with Crippen LogP contribution >= 0.6 is 0 Å². The average Bonchev–Trinajstić information content (AvgIpc) is 3.32. The number of rotatable bonds is 49. The molecule has 1 rings (SSSR count). The van der Waals surface area contributed by atoms with E-state index in [1.165, 1.54) is 199 Å². The van der Waals surface area contributed by atoms with Crippen LogP contribution < -0.4 is 5.32 Å². The van der Waals surface area contributed by atoms with Crippen LogP contribution in [0.4, 0.5) is 0 Å². The molecule has 9 nitrogen and oxygen atoms in total. The Bertz CT molecular complexity index is 1090. The van der Waals surface area contributed by atoms with Gasteiger partial charge in [0.05, 0.1) is 25.4 Å². The molecule has 0 saturated carbocycles. The van der Waals surface area contributed by atoms with Crippen LogP contribution in [0.15, 0.2) is 24.3 Å². The van der Waals surface area contributed by atoms with Crippen molar-refractivity contribution in [2.75, 3.05) is 13.2 Å². The largest absolute Gasteiger partial charge is 0.394 e. The van der Waals surface area contributed by atoms with Crippen molar-refractivity contribution in [2.24, 2.45) is 0 Å². The molecule has 1 fully saturated rings. The van der Waals surface area contributed by atoms with E-state index in [0.717, 1.165) is 57.8 Å². The van der Waals surface area contributed by atoms with Gasteiger partial charge in [0.1, 0.15) is 24.4 Å². The molecule has 1 aliphatic heterocycles. The van der Waals surface area contributed by atoms with Crippen molar-refractivity contribution in [2.45, 2.75) is 320 Å². The van der Waals surface area contributed by atoms with Crippen LogP contribution in [-0.2, 0) is 14.3 Å². The van der Waals surface area contributed by atoms with Crippen LogP contribution in [0.2, 0.25) is 0 Å². The maximum atomic E-state index is 13.0. The lowest BCUT2D eigenvalue weighted by Crippen LogP contribution is -2.60. The van der Waals surface area contributed by atoms with Gasteiger partial charge in [0, 0.05) is 6.42 Å². The van der Waals surface area contributed by atoms with Gasteiger partial charge in [-0.1, -0.05) is 250 Å². The zero-order valence-corrected chi connectivity index (χ0v) is 43.2. The Morgan fingerprint density at radius 1 is 0.500 bits per heavy atom. The minimum Gasteiger partial charge on any atom is -0.394 e. The molecule has 0 aromatic heterocycles. The van der Waals surface area contributed by atoms with Gasteiger partial charge in [0.15, 0.2) is 6.29 Å². The average molecular weight is 936 g/mol. The molecule has 6 N–H and O–H groups in total. The molecule has 0 bridgehead atoms. The fourth-order valence-electron chi connectivity index (χ4n) is 9.21. The minimum atomic E-state index is -1.57. The standard InChI is InChI=1S/C57H109NO8/c1-3-5-7-9-11-13-15-17-19-21-23-24-25-26-27-28-29-30-32-34-36-38-40-42-44-46-51(60)50(49-65-57-56(64)55(63)54(62)52(48-59)66-57)58-53(61)47-45-43-41-39-37-35-33-31-22-20-18-16-14-12-10-8-6-4-2/h31,33,44,46,50-52,54-57,59-60,62-64H,3-30,32,34-43,45,47-49H2,1-2H3,(H,58,61)/b33-31-,46-44+. The van der Waals surface area contributed by atoms with E-state index in [9.17, 15) is 30.3 Å². The van der Waals surface area contributed by atoms with E-state index in [0.29, 0.717) is 6.42 Å². The van der Waals surface area contributed by atoms with Crippen LogP contribution in [0.1, 0.15) is 277 Å². The number of hydrogen-bond acceptors (Lipinski definition) is 8. The molecule has 0 aromatic carbocycles. The lowest BCUT2D eigenvalue weighted by molar-refractivity contribution is -0.302. The molecular weight excluding hydrogens is 827 g/mol. The molecule has 0 radical (unpaired) electrons. The lowest BCUT2D eigenvalue weighted by Gasteiger charge is -2.40. The minimum absolute atomic E-state index is 0.181. The van der Waals surface area contributed by atoms with Gasteiger partial charge in [-0.25, -0.2) is 0 Å². The van der Waals surface area contributed by atoms with E-state index in [2.05, 4.69) is 31.3 Å². The number of aliphatic hydroxyl groups excluding tert-OH is 5. The van der Waals surface area contributed by atoms with Gasteiger partial charge in [-0.2, -0.15) is 0 Å². The summed E-state index contributed by atoms with van der Waals surface area (Å²) >= 11 is 0. The first-order valence-corrected chi connectivity index (χ1v) is 28.6. The van der Waals surface area contributed by atoms with Crippen molar-refractivity contribution < 1.29 is 39.8 Å². The third-order valence-electron chi connectivity index (χ3n) is 13.8. The van der Waals surface area contributed by atoms with E-state index in [4.69, 9.17) is 9.47 Å². The molecule has 1 saturated heterocycles. The number of allylic oxidation sites excluding steroid dienone is 3. The Labute approximate surface area is 407 Å². The molecule has 0 aromatic rings. The third kappa shape index (κ3) is 36.6. The zero-order chi connectivity index (χ0) is 48.0. The molecule has 1 heterocycles. The summed E-state index contributed by atoms with van der Waals surface area (Å²) in [6, 6.07) is -0.808. The normalized spacial score (nSPS) is 19.9. The highest BCUT2D eigenvalue weighted by Gasteiger charge is 2.44. The fourth-order valence-corrected chi connectivity index (χ4v) is 9.21. The second-order valence-electron chi connectivity index (χ2n) is 20.1. The number of hydrogen-bond donors (Lipinski definition) is 6. The predicted octanol–water partition coefficient (Wildman–Crippen LogP) is 13.8. The molecule has 0 aliphatic carbocycles. The maximum Gasteiger partial charge on any atom is 0.220 e. The van der Waals surface area contributed by atoms with Crippen molar-refractivity contribution in [3.8, 4) is 0 Å². The molecule has 9 heteroatoms. The highest BCUT2D eigenvalue weighted by molar-refractivity contribution is 5.76. The Morgan fingerprint density at radius 2 is 0.848 bits per heavy atom. The molecule has 1 amide bonds. The summed E-state index contributed by atoms with van der Waals surface area (Å²) in [5.41, 5.74) is 0. The van der Waals surface area contributed by atoms with Crippen molar-refractivity contribution in [1.29, 1.82) is 0 Å². The van der Waals surface area contributed by atoms with Crippen LogP contribution in [0.5, 0.6) is 0 Å². The van der Waals surface area contributed by atoms with E-state index < -0.39 is 49.5 Å². The second kappa shape index (κ2) is 47.4. The van der Waals surface area contributed by atoms with Gasteiger partial charge < -0.3 is 40.3 Å². The summed E-state index contributed by atoms with van der Waals surface area (Å²) in [4.78, 5) is 13.0. The Balaban J connectivity index is 2.23. The topological polar surface area (TPSA) is 149 Å². The highest BCUT2D eigenvalue weighted by atomic mass is 16.7. The summed E-state index contributed by atoms with van der Waals surface area (Å²) in [5.74, 6) is -0.181. The zero-order valence-electron chi connectivity index (χ0n) is 43.2. The van der Waals surface area contributed by atoms with Crippen LogP contribution in [0, 0.1) is 0 Å². The SMILES string of the molecule is CCCCCCCCCCC/C=C\CCCCCCCC(=O)NC(COC1OC(CO)C(O)C(O)C1O)C(O)/C=C/CCCCCCCCCCCCCCCCCCCCCCCCC. The first kappa shape index (κ1) is 62.7. The Hall–Kier alpha value is -1.33. The monoisotopic (exact) mass is 936 g/mol. The van der Waals surface area contributed by atoms with Gasteiger partial charge in [-0.3, -0.25) is 4.79 Å². The van der Waals surface area contributed by atoms with E-state index in [-0.39, 0.29) is 12.5 Å². The summed E-state index contributed by atoms with van der Waals surface area (Å²) < 4.78 is 11.3. The maximum absolute atomic E-state index is 13.0. The van der Waals surface area contributed by atoms with Crippen molar-refractivity contribution >= 4 is 5.91 Å². The van der Waals surface area contributed by atoms with Gasteiger partial charge in [0.2, 0.25) is 5.91 Å². The molecule has 390 valence electrons. The van der Waals surface area contributed by atoms with Gasteiger partial charge in [0.25, 0.3) is 0 Å². The number of unbranched alkanes of at least 4 members (excludes halogenated alkanes) is 37. The molecule has 1 aliphatic rings. The second-order valence-corrected chi connectivity index (χ2v) is 20.1. The van der Waals surface area contributed by atoms with Crippen molar-refractivity contribution in [1.82, 2.24) is 5.32 Å². The fraction of sp³-hybridized carbons (Fsp3) is 0.912. The Morgan fingerprint density at radius 3 is 1.23 bits per heavy atom. The van der Waals surface area contributed by atoms with Crippen LogP contribution in [0.3, 0.4) is 0 Å². The number of ether oxygens (including phenoxy) is 2. The van der Waals surface area contributed by atoms with Crippen molar-refractivity contribution in [3.63, 3.8) is 0 Å². The van der Waals surface area contributed by atoms with Gasteiger partial charge >= 0.3 is 0 Å². The number of carbonyl (C=O) groups excluding carboxylic acids is 1. The van der Waals surface area contributed by atoms with Gasteiger partial charge in [-0.05, 0) is 44.9 Å². The first-order chi connectivity index (χ1) is 32.3. The summed E-state index contributed by atoms with van der Waals surface area (Å²) in [7, 11) is 0. The third-order valence-corrected chi connectivity index (χ3v) is 13.8. The molecule has 66 heavy (non-hydrogen) atoms. The summed E-state index contributed by atoms with van der Waals surface area (Å²) in [6.45, 7) is 3.80. The van der Waals surface area contributed by atoms with Crippen molar-refractivity contribution in [3.05, 3.63) is 24.3 Å². The Kier molecular flexibility index (Phi) is 45.0. The number of amides is 1. The molecule has 0 spiro atoms. The number of carbonyl (C=O) groups is 1. The van der Waals surface area contributed by atoms with Gasteiger partial charge in [-0.15, -0.1) is 0 Å². The van der Waals surface area contributed by atoms with E-state index in [1.54, 1.807) is 6.08 Å². The summed E-state index contributed by atoms with van der Waals surface area (Å²) in [5, 5.41) is 54.5. The van der Waals surface area contributed by atoms with E-state index in [1.807, 2.05) is 6.08 Å². The van der Waals surface area contributed by atoms with Crippen LogP contribution in [0.25, 0.3) is 0 Å². The smallest absolute Gasteiger partial charge is 0.220 e. The van der Waals surface area contributed by atoms with E-state index >= 15 is 0 Å². The first-order valence-electron chi connectivity index (χ1n) is 28.6. The molecule has 7 unspecified atom stereocenters.